The van der Waals surface area contributed by atoms with Gasteiger partial charge in [0.15, 0.2) is 0 Å². The minimum absolute atomic E-state index is 0.245. The van der Waals surface area contributed by atoms with Crippen LogP contribution in [-0.2, 0) is 19.1 Å². The predicted molar refractivity (Wildman–Crippen MR) is 57.2 cm³/mol. The molecule has 1 aromatic rings. The predicted octanol–water partition coefficient (Wildman–Crippen LogP) is -0.0218. The highest BCUT2D eigenvalue weighted by molar-refractivity contribution is 6.14. The molecule has 1 rings (SSSR count). The molecule has 9 nitrogen and oxygen atoms in total. The monoisotopic (exact) mass is 255 g/mol. The van der Waals surface area contributed by atoms with Crippen LogP contribution in [-0.4, -0.2) is 40.6 Å². The van der Waals surface area contributed by atoms with E-state index >= 15 is 0 Å². The van der Waals surface area contributed by atoms with Crippen molar-refractivity contribution < 1.29 is 24.0 Å². The van der Waals surface area contributed by atoms with Crippen LogP contribution in [0.4, 0.5) is 5.82 Å². The van der Waals surface area contributed by atoms with E-state index < -0.39 is 22.7 Å². The molecular weight excluding hydrogens is 246 g/mol. The lowest BCUT2D eigenvalue weighted by Crippen LogP contribution is -2.12. The van der Waals surface area contributed by atoms with Crippen LogP contribution in [0.3, 0.4) is 0 Å². The van der Waals surface area contributed by atoms with Crippen LogP contribution in [0.2, 0.25) is 0 Å². The molecular formula is C9H9N3O6. The van der Waals surface area contributed by atoms with Gasteiger partial charge in [-0.05, 0) is 9.91 Å². The molecule has 0 unspecified atom stereocenters. The summed E-state index contributed by atoms with van der Waals surface area (Å²) in [6.45, 7) is 0. The molecule has 18 heavy (non-hydrogen) atoms. The van der Waals surface area contributed by atoms with Crippen molar-refractivity contribution >= 4 is 23.5 Å². The van der Waals surface area contributed by atoms with Gasteiger partial charge in [-0.2, -0.15) is 0 Å². The van der Waals surface area contributed by atoms with Gasteiger partial charge in [0.25, 0.3) is 0 Å². The molecule has 0 aliphatic rings. The van der Waals surface area contributed by atoms with E-state index in [-0.39, 0.29) is 5.70 Å². The summed E-state index contributed by atoms with van der Waals surface area (Å²) in [6.07, 6.45) is 2.84. The van der Waals surface area contributed by atoms with Gasteiger partial charge in [0, 0.05) is 0 Å². The van der Waals surface area contributed by atoms with Gasteiger partial charge in [0.05, 0.1) is 20.3 Å². The average Bonchev–Trinajstić information content (AvgIpc) is 2.84. The molecule has 0 bridgehead atoms. The molecule has 0 aliphatic heterocycles. The Morgan fingerprint density at radius 1 is 1.44 bits per heavy atom. The second-order valence-electron chi connectivity index (χ2n) is 2.94. The fourth-order valence-electron chi connectivity index (χ4n) is 1.05. The van der Waals surface area contributed by atoms with E-state index in [9.17, 15) is 19.7 Å². The molecule has 0 atom stereocenters. The Bertz CT molecular complexity index is 518. The maximum atomic E-state index is 11.4. The third kappa shape index (κ3) is 2.90. The highest BCUT2D eigenvalue weighted by Crippen LogP contribution is 2.13. The van der Waals surface area contributed by atoms with Gasteiger partial charge in [-0.3, -0.25) is 4.57 Å². The quantitative estimate of drug-likeness (QED) is 0.321. The first kappa shape index (κ1) is 13.4. The molecule has 1 heterocycles. The summed E-state index contributed by atoms with van der Waals surface area (Å²) < 4.78 is 9.81. The summed E-state index contributed by atoms with van der Waals surface area (Å²) in [7, 11) is 2.24. The molecule has 0 saturated carbocycles. The number of carbonyl (C=O) groups excluding carboxylic acids is 2. The Morgan fingerprint density at radius 2 is 2.11 bits per heavy atom. The molecule has 1 aromatic heterocycles. The summed E-state index contributed by atoms with van der Waals surface area (Å²) in [4.78, 5) is 35.7. The molecule has 0 fully saturated rings. The average molecular weight is 255 g/mol. The summed E-state index contributed by atoms with van der Waals surface area (Å²) in [6, 6.07) is 0. The molecule has 0 saturated heterocycles. The van der Waals surface area contributed by atoms with Gasteiger partial charge in [0.1, 0.15) is 11.9 Å². The van der Waals surface area contributed by atoms with Crippen LogP contribution in [0.25, 0.3) is 5.70 Å². The van der Waals surface area contributed by atoms with Gasteiger partial charge < -0.3 is 19.6 Å². The van der Waals surface area contributed by atoms with Gasteiger partial charge in [-0.25, -0.2) is 9.59 Å². The number of hydrogen-bond acceptors (Lipinski definition) is 7. The van der Waals surface area contributed by atoms with Crippen molar-refractivity contribution in [2.45, 2.75) is 0 Å². The van der Waals surface area contributed by atoms with Crippen molar-refractivity contribution in [3.8, 4) is 0 Å². The van der Waals surface area contributed by atoms with Crippen LogP contribution in [0.5, 0.6) is 0 Å². The zero-order valence-electron chi connectivity index (χ0n) is 9.52. The normalized spacial score (nSPS) is 10.9. The summed E-state index contributed by atoms with van der Waals surface area (Å²) in [5.41, 5.74) is -0.245. The van der Waals surface area contributed by atoms with Crippen molar-refractivity contribution in [3.05, 3.63) is 28.7 Å². The molecule has 9 heteroatoms. The summed E-state index contributed by atoms with van der Waals surface area (Å²) >= 11 is 0. The number of nitrogens with zero attached hydrogens (tertiary/aromatic N) is 3. The first-order chi connectivity index (χ1) is 8.49. The van der Waals surface area contributed by atoms with Crippen molar-refractivity contribution in [2.24, 2.45) is 0 Å². The largest absolute Gasteiger partial charge is 0.466 e. The molecule has 96 valence electrons. The van der Waals surface area contributed by atoms with Gasteiger partial charge in [-0.1, -0.05) is 0 Å². The number of nitro groups is 1. The Balaban J connectivity index is 3.17. The van der Waals surface area contributed by atoms with Crippen LogP contribution in [0, 0.1) is 10.1 Å². The summed E-state index contributed by atoms with van der Waals surface area (Å²) in [5.74, 6) is -2.12. The second-order valence-corrected chi connectivity index (χ2v) is 2.94. The SMILES string of the molecule is COC(=O)/C=C(/C(=O)OC)n1cnc([N+](=O)[O-])c1. The van der Waals surface area contributed by atoms with Crippen LogP contribution in [0.15, 0.2) is 18.6 Å². The lowest BCUT2D eigenvalue weighted by Gasteiger charge is -2.03. The number of carbonyl (C=O) groups is 2. The lowest BCUT2D eigenvalue weighted by molar-refractivity contribution is -0.389. The lowest BCUT2D eigenvalue weighted by atomic mass is 10.4. The number of rotatable bonds is 4. The smallest absolute Gasteiger partial charge is 0.381 e. The fourth-order valence-corrected chi connectivity index (χ4v) is 1.05. The Hall–Kier alpha value is -2.71. The van der Waals surface area contributed by atoms with E-state index in [1.54, 1.807) is 0 Å². The first-order valence-electron chi connectivity index (χ1n) is 4.56. The zero-order valence-corrected chi connectivity index (χ0v) is 9.52. The maximum Gasteiger partial charge on any atom is 0.381 e. The van der Waals surface area contributed by atoms with Gasteiger partial charge in [0.2, 0.25) is 6.33 Å². The highest BCUT2D eigenvalue weighted by atomic mass is 16.6. The Morgan fingerprint density at radius 3 is 2.56 bits per heavy atom. The molecule has 0 aromatic carbocycles. The van der Waals surface area contributed by atoms with Crippen LogP contribution >= 0.6 is 0 Å². The standard InChI is InChI=1S/C9H9N3O6/c1-17-8(13)3-6(9(14)18-2)11-4-7(10-5-11)12(15)16/h3-5H,1-2H3/b6-3-. The van der Waals surface area contributed by atoms with Crippen molar-refractivity contribution in [1.29, 1.82) is 0 Å². The van der Waals surface area contributed by atoms with Crippen molar-refractivity contribution in [2.75, 3.05) is 14.2 Å². The van der Waals surface area contributed by atoms with Crippen molar-refractivity contribution in [1.82, 2.24) is 9.55 Å². The number of ether oxygens (including phenoxy) is 2. The third-order valence-corrected chi connectivity index (χ3v) is 1.88. The topological polar surface area (TPSA) is 114 Å². The minimum Gasteiger partial charge on any atom is -0.466 e. The van der Waals surface area contributed by atoms with Crippen LogP contribution in [0.1, 0.15) is 0 Å². The van der Waals surface area contributed by atoms with E-state index in [1.165, 1.54) is 0 Å². The van der Waals surface area contributed by atoms with E-state index in [1.807, 2.05) is 0 Å². The third-order valence-electron chi connectivity index (χ3n) is 1.88. The number of methoxy groups -OCH3 is 2. The molecule has 0 radical (unpaired) electrons. The number of hydrogen-bond donors (Lipinski definition) is 0. The zero-order chi connectivity index (χ0) is 13.7. The van der Waals surface area contributed by atoms with E-state index in [0.717, 1.165) is 37.4 Å². The molecule has 0 N–H and O–H groups in total. The van der Waals surface area contributed by atoms with E-state index in [2.05, 4.69) is 14.5 Å². The molecule has 0 amide bonds. The van der Waals surface area contributed by atoms with Crippen molar-refractivity contribution in [3.63, 3.8) is 0 Å². The second kappa shape index (κ2) is 5.57. The van der Waals surface area contributed by atoms with E-state index in [0.29, 0.717) is 0 Å². The van der Waals surface area contributed by atoms with Gasteiger partial charge >= 0.3 is 17.8 Å². The van der Waals surface area contributed by atoms with Gasteiger partial charge in [-0.15, -0.1) is 0 Å². The first-order valence-corrected chi connectivity index (χ1v) is 4.56. The Kier molecular flexibility index (Phi) is 4.13. The molecule has 0 spiro atoms. The van der Waals surface area contributed by atoms with Crippen LogP contribution < -0.4 is 0 Å². The highest BCUT2D eigenvalue weighted by Gasteiger charge is 2.19. The van der Waals surface area contributed by atoms with E-state index in [4.69, 9.17) is 0 Å². The number of aromatic nitrogens is 2. The molecule has 0 aliphatic carbocycles. The Labute approximate surface area is 101 Å². The number of esters is 2. The summed E-state index contributed by atoms with van der Waals surface area (Å²) in [5, 5.41) is 10.5. The number of imidazole rings is 1. The maximum absolute atomic E-state index is 11.4. The fraction of sp³-hybridized carbons (Fsp3) is 0.222. The minimum atomic E-state index is -0.854.